The molecular formula is C13H21ClN2OS. The zero-order valence-corrected chi connectivity index (χ0v) is 12.3. The van der Waals surface area contributed by atoms with Crippen LogP contribution < -0.4 is 11.1 Å². The number of hydrogen-bond acceptors (Lipinski definition) is 3. The molecule has 0 bridgehead atoms. The Kier molecular flexibility index (Phi) is 7.32. The van der Waals surface area contributed by atoms with Gasteiger partial charge in [-0.3, -0.25) is 4.79 Å². The Hall–Kier alpha value is -0.580. The summed E-state index contributed by atoms with van der Waals surface area (Å²) in [6.45, 7) is 2.65. The molecule has 0 aliphatic carbocycles. The minimum Gasteiger partial charge on any atom is -0.352 e. The van der Waals surface area contributed by atoms with Crippen LogP contribution in [0.25, 0.3) is 0 Å². The minimum absolute atomic E-state index is 0.0751. The molecule has 5 heteroatoms. The Morgan fingerprint density at radius 2 is 2.33 bits per heavy atom. The molecule has 1 atom stereocenters. The highest BCUT2D eigenvalue weighted by atomic mass is 35.5. The molecule has 3 N–H and O–H groups in total. The number of aryl methyl sites for hydroxylation is 1. The molecule has 18 heavy (non-hydrogen) atoms. The van der Waals surface area contributed by atoms with Crippen LogP contribution in [0.2, 0.25) is 4.34 Å². The molecule has 0 aliphatic heterocycles. The number of amides is 1. The fourth-order valence-corrected chi connectivity index (χ4v) is 2.81. The van der Waals surface area contributed by atoms with Gasteiger partial charge in [-0.15, -0.1) is 11.3 Å². The fourth-order valence-electron chi connectivity index (χ4n) is 1.72. The molecule has 1 aromatic rings. The van der Waals surface area contributed by atoms with Crippen LogP contribution in [-0.4, -0.2) is 18.5 Å². The van der Waals surface area contributed by atoms with Crippen LogP contribution in [0.1, 0.15) is 37.5 Å². The zero-order chi connectivity index (χ0) is 13.4. The topological polar surface area (TPSA) is 55.1 Å². The van der Waals surface area contributed by atoms with Crippen molar-refractivity contribution in [1.82, 2.24) is 5.32 Å². The van der Waals surface area contributed by atoms with Crippen molar-refractivity contribution < 1.29 is 4.79 Å². The van der Waals surface area contributed by atoms with Crippen LogP contribution >= 0.6 is 22.9 Å². The van der Waals surface area contributed by atoms with E-state index >= 15 is 0 Å². The molecule has 0 aromatic carbocycles. The summed E-state index contributed by atoms with van der Waals surface area (Å²) in [4.78, 5) is 12.9. The third kappa shape index (κ3) is 5.85. The van der Waals surface area contributed by atoms with E-state index in [9.17, 15) is 4.79 Å². The van der Waals surface area contributed by atoms with E-state index in [4.69, 9.17) is 17.3 Å². The SMILES string of the molecule is CCCCC(CN)NC(=O)CCc1ccc(Cl)s1. The molecule has 0 aliphatic rings. The predicted octanol–water partition coefficient (Wildman–Crippen LogP) is 2.97. The number of nitrogens with two attached hydrogens (primary N) is 1. The number of carbonyl (C=O) groups excluding carboxylic acids is 1. The maximum absolute atomic E-state index is 11.8. The molecule has 0 spiro atoms. The van der Waals surface area contributed by atoms with E-state index in [1.54, 1.807) is 0 Å². The largest absolute Gasteiger partial charge is 0.352 e. The standard InChI is InChI=1S/C13H21ClN2OS/c1-2-3-4-10(9-15)16-13(17)8-6-11-5-7-12(14)18-11/h5,7,10H,2-4,6,8-9,15H2,1H3,(H,16,17). The van der Waals surface area contributed by atoms with Gasteiger partial charge in [0.1, 0.15) is 0 Å². The maximum atomic E-state index is 11.8. The number of thiophene rings is 1. The number of nitrogens with one attached hydrogen (secondary N) is 1. The molecule has 0 saturated carbocycles. The second-order valence-electron chi connectivity index (χ2n) is 4.35. The lowest BCUT2D eigenvalue weighted by Crippen LogP contribution is -2.40. The fraction of sp³-hybridized carbons (Fsp3) is 0.615. The van der Waals surface area contributed by atoms with E-state index in [0.717, 1.165) is 34.9 Å². The number of rotatable bonds is 8. The molecule has 1 heterocycles. The normalized spacial score (nSPS) is 12.4. The molecule has 3 nitrogen and oxygen atoms in total. The van der Waals surface area contributed by atoms with E-state index in [-0.39, 0.29) is 11.9 Å². The summed E-state index contributed by atoms with van der Waals surface area (Å²) in [7, 11) is 0. The van der Waals surface area contributed by atoms with Gasteiger partial charge in [-0.25, -0.2) is 0 Å². The summed E-state index contributed by atoms with van der Waals surface area (Å²) in [6, 6.07) is 3.95. The highest BCUT2D eigenvalue weighted by Gasteiger charge is 2.10. The lowest BCUT2D eigenvalue weighted by Gasteiger charge is -2.16. The number of carbonyl (C=O) groups is 1. The van der Waals surface area contributed by atoms with Gasteiger partial charge in [0.15, 0.2) is 0 Å². The highest BCUT2D eigenvalue weighted by molar-refractivity contribution is 7.16. The van der Waals surface area contributed by atoms with Gasteiger partial charge in [-0.05, 0) is 25.0 Å². The number of hydrogen-bond donors (Lipinski definition) is 2. The first-order chi connectivity index (χ1) is 8.65. The van der Waals surface area contributed by atoms with E-state index in [2.05, 4.69) is 12.2 Å². The number of halogens is 1. The Bertz CT molecular complexity index is 368. The quantitative estimate of drug-likeness (QED) is 0.773. The van der Waals surface area contributed by atoms with Crippen LogP contribution in [-0.2, 0) is 11.2 Å². The van der Waals surface area contributed by atoms with Crippen LogP contribution in [0, 0.1) is 0 Å². The van der Waals surface area contributed by atoms with Crippen molar-refractivity contribution in [3.05, 3.63) is 21.3 Å². The minimum atomic E-state index is 0.0751. The van der Waals surface area contributed by atoms with Crippen molar-refractivity contribution in [1.29, 1.82) is 0 Å². The van der Waals surface area contributed by atoms with Crippen molar-refractivity contribution in [2.75, 3.05) is 6.54 Å². The van der Waals surface area contributed by atoms with Gasteiger partial charge in [0.05, 0.1) is 4.34 Å². The molecule has 1 unspecified atom stereocenters. The van der Waals surface area contributed by atoms with Gasteiger partial charge in [-0.2, -0.15) is 0 Å². The van der Waals surface area contributed by atoms with Gasteiger partial charge in [0.25, 0.3) is 0 Å². The van der Waals surface area contributed by atoms with Crippen molar-refractivity contribution >= 4 is 28.8 Å². The first kappa shape index (κ1) is 15.5. The molecule has 1 rings (SSSR count). The van der Waals surface area contributed by atoms with Crippen molar-refractivity contribution in [3.8, 4) is 0 Å². The summed E-state index contributed by atoms with van der Waals surface area (Å²) in [5, 5.41) is 2.99. The molecule has 0 radical (unpaired) electrons. The maximum Gasteiger partial charge on any atom is 0.220 e. The summed E-state index contributed by atoms with van der Waals surface area (Å²) >= 11 is 7.37. The molecular weight excluding hydrogens is 268 g/mol. The molecule has 0 saturated heterocycles. The van der Waals surface area contributed by atoms with Gasteiger partial charge in [-0.1, -0.05) is 31.4 Å². The summed E-state index contributed by atoms with van der Waals surface area (Å²) in [5.41, 5.74) is 5.64. The van der Waals surface area contributed by atoms with Crippen molar-refractivity contribution in [3.63, 3.8) is 0 Å². The molecule has 0 fully saturated rings. The van der Waals surface area contributed by atoms with Crippen LogP contribution in [0.3, 0.4) is 0 Å². The Balaban J connectivity index is 2.27. The van der Waals surface area contributed by atoms with Crippen molar-refractivity contribution in [2.24, 2.45) is 5.73 Å². The van der Waals surface area contributed by atoms with E-state index < -0.39 is 0 Å². The molecule has 102 valence electrons. The Morgan fingerprint density at radius 3 is 2.89 bits per heavy atom. The van der Waals surface area contributed by atoms with Gasteiger partial charge in [0, 0.05) is 23.9 Å². The van der Waals surface area contributed by atoms with Gasteiger partial charge >= 0.3 is 0 Å². The first-order valence-electron chi connectivity index (χ1n) is 6.39. The van der Waals surface area contributed by atoms with Crippen LogP contribution in [0.5, 0.6) is 0 Å². The average molecular weight is 289 g/mol. The smallest absolute Gasteiger partial charge is 0.220 e. The zero-order valence-electron chi connectivity index (χ0n) is 10.7. The van der Waals surface area contributed by atoms with E-state index in [0.29, 0.717) is 13.0 Å². The number of unbranched alkanes of at least 4 members (excludes halogenated alkanes) is 1. The second-order valence-corrected chi connectivity index (χ2v) is 6.15. The predicted molar refractivity (Wildman–Crippen MR) is 78.2 cm³/mol. The second kappa shape index (κ2) is 8.51. The van der Waals surface area contributed by atoms with Gasteiger partial charge in [0.2, 0.25) is 5.91 Å². The first-order valence-corrected chi connectivity index (χ1v) is 7.58. The van der Waals surface area contributed by atoms with E-state index in [1.807, 2.05) is 12.1 Å². The Morgan fingerprint density at radius 1 is 1.56 bits per heavy atom. The molecule has 1 aromatic heterocycles. The van der Waals surface area contributed by atoms with Crippen LogP contribution in [0.4, 0.5) is 0 Å². The lowest BCUT2D eigenvalue weighted by molar-refractivity contribution is -0.121. The average Bonchev–Trinajstić information content (AvgIpc) is 2.78. The summed E-state index contributed by atoms with van der Waals surface area (Å²) in [5.74, 6) is 0.0751. The highest BCUT2D eigenvalue weighted by Crippen LogP contribution is 2.22. The Labute approximate surface area is 118 Å². The van der Waals surface area contributed by atoms with Gasteiger partial charge < -0.3 is 11.1 Å². The summed E-state index contributed by atoms with van der Waals surface area (Å²) in [6.07, 6.45) is 4.43. The van der Waals surface area contributed by atoms with E-state index in [1.165, 1.54) is 11.3 Å². The van der Waals surface area contributed by atoms with Crippen molar-refractivity contribution in [2.45, 2.75) is 45.1 Å². The van der Waals surface area contributed by atoms with Crippen LogP contribution in [0.15, 0.2) is 12.1 Å². The summed E-state index contributed by atoms with van der Waals surface area (Å²) < 4.78 is 0.771. The third-order valence-corrected chi connectivity index (χ3v) is 4.07. The lowest BCUT2D eigenvalue weighted by atomic mass is 10.1. The molecule has 1 amide bonds. The third-order valence-electron chi connectivity index (χ3n) is 2.78. The monoisotopic (exact) mass is 288 g/mol.